The van der Waals surface area contributed by atoms with Crippen LogP contribution in [0, 0.1) is 11.6 Å². The zero-order valence-corrected chi connectivity index (χ0v) is 17.1. The first kappa shape index (κ1) is 22.3. The second-order valence-electron chi connectivity index (χ2n) is 7.08. The maximum absolute atomic E-state index is 13.8. The maximum atomic E-state index is 13.8. The summed E-state index contributed by atoms with van der Waals surface area (Å²) in [5, 5.41) is -0.317. The molecule has 2 aromatic rings. The van der Waals surface area contributed by atoms with Crippen molar-refractivity contribution < 1.29 is 21.9 Å². The first-order valence-corrected chi connectivity index (χ1v) is 11.3. The molecule has 0 spiro atoms. The molecule has 0 saturated carbocycles. The molecule has 1 aromatic heterocycles. The van der Waals surface area contributed by atoms with Crippen LogP contribution in [0.2, 0.25) is 0 Å². The average Bonchev–Trinajstić information content (AvgIpc) is 2.64. The third-order valence-electron chi connectivity index (χ3n) is 4.54. The largest absolute Gasteiger partial charge is 0.436 e. The Morgan fingerprint density at radius 1 is 1.04 bits per heavy atom. The number of benzene rings is 1. The maximum Gasteiger partial charge on any atom is 0.222 e. The van der Waals surface area contributed by atoms with Crippen LogP contribution in [0.4, 0.5) is 8.78 Å². The van der Waals surface area contributed by atoms with Gasteiger partial charge >= 0.3 is 0 Å². The number of rotatable bonds is 11. The van der Waals surface area contributed by atoms with Crippen molar-refractivity contribution in [1.29, 1.82) is 0 Å². The molecule has 0 bridgehead atoms. The first-order valence-electron chi connectivity index (χ1n) is 9.58. The highest BCUT2D eigenvalue weighted by Gasteiger charge is 2.15. The molecule has 0 aliphatic heterocycles. The summed E-state index contributed by atoms with van der Waals surface area (Å²) in [6.07, 6.45) is 6.66. The van der Waals surface area contributed by atoms with Gasteiger partial charge in [0.2, 0.25) is 5.88 Å². The Balaban J connectivity index is 1.79. The van der Waals surface area contributed by atoms with Gasteiger partial charge in [0, 0.05) is 17.8 Å². The molecule has 4 nitrogen and oxygen atoms in total. The normalized spacial score (nSPS) is 11.8. The number of nitrogens with zero attached hydrogens (tertiary/aromatic N) is 1. The molecule has 0 atom stereocenters. The fraction of sp³-hybridized carbons (Fsp3) is 0.476. The number of hydrogen-bond donors (Lipinski definition) is 0. The highest BCUT2D eigenvalue weighted by atomic mass is 32.2. The zero-order valence-electron chi connectivity index (χ0n) is 16.3. The van der Waals surface area contributed by atoms with Crippen LogP contribution in [-0.2, 0) is 16.3 Å². The summed E-state index contributed by atoms with van der Waals surface area (Å²) in [4.78, 5) is 4.16. The highest BCUT2D eigenvalue weighted by Crippen LogP contribution is 2.27. The van der Waals surface area contributed by atoms with Crippen molar-refractivity contribution in [3.63, 3.8) is 0 Å². The van der Waals surface area contributed by atoms with Gasteiger partial charge < -0.3 is 4.74 Å². The SMILES string of the molecule is CC(C)S(=O)(=O)CCCCCCCc1cccnc1Oc1ccc(F)cc1F. The summed E-state index contributed by atoms with van der Waals surface area (Å²) >= 11 is 0. The van der Waals surface area contributed by atoms with Gasteiger partial charge in [-0.05, 0) is 51.3 Å². The summed E-state index contributed by atoms with van der Waals surface area (Å²) in [5.74, 6) is -0.932. The quantitative estimate of drug-likeness (QED) is 0.460. The lowest BCUT2D eigenvalue weighted by Gasteiger charge is -2.10. The molecule has 0 unspecified atom stereocenters. The lowest BCUT2D eigenvalue weighted by molar-refractivity contribution is 0.418. The number of hydrogen-bond acceptors (Lipinski definition) is 4. The van der Waals surface area contributed by atoms with Gasteiger partial charge in [-0.15, -0.1) is 0 Å². The van der Waals surface area contributed by atoms with Gasteiger partial charge in [-0.1, -0.05) is 25.3 Å². The first-order chi connectivity index (χ1) is 13.3. The van der Waals surface area contributed by atoms with Crippen molar-refractivity contribution in [1.82, 2.24) is 4.98 Å². The molecule has 28 heavy (non-hydrogen) atoms. The average molecular weight is 412 g/mol. The number of ether oxygens (including phenoxy) is 1. The van der Waals surface area contributed by atoms with E-state index in [0.717, 1.165) is 49.8 Å². The van der Waals surface area contributed by atoms with Crippen LogP contribution in [0.3, 0.4) is 0 Å². The number of aromatic nitrogens is 1. The monoisotopic (exact) mass is 411 g/mol. The molecule has 1 heterocycles. The molecule has 0 aliphatic carbocycles. The third kappa shape index (κ3) is 6.86. The molecule has 1 aromatic carbocycles. The topological polar surface area (TPSA) is 56.3 Å². The Labute approximate surface area is 165 Å². The Kier molecular flexibility index (Phi) is 8.35. The van der Waals surface area contributed by atoms with Gasteiger partial charge in [-0.25, -0.2) is 22.2 Å². The minimum atomic E-state index is -2.95. The molecule has 7 heteroatoms. The van der Waals surface area contributed by atoms with E-state index in [4.69, 9.17) is 4.74 Å². The minimum absolute atomic E-state index is 0.0623. The van der Waals surface area contributed by atoms with Gasteiger partial charge in [0.25, 0.3) is 0 Å². The molecule has 0 fully saturated rings. The van der Waals surface area contributed by atoms with Crippen molar-refractivity contribution in [3.05, 3.63) is 53.7 Å². The molecule has 0 aliphatic rings. The zero-order chi connectivity index (χ0) is 20.6. The van der Waals surface area contributed by atoms with E-state index in [9.17, 15) is 17.2 Å². The van der Waals surface area contributed by atoms with Crippen molar-refractivity contribution in [2.24, 2.45) is 0 Å². The van der Waals surface area contributed by atoms with Gasteiger partial charge in [0.05, 0.1) is 11.0 Å². The third-order valence-corrected chi connectivity index (χ3v) is 6.84. The molecule has 0 N–H and O–H groups in total. The van der Waals surface area contributed by atoms with Gasteiger partial charge in [-0.3, -0.25) is 0 Å². The van der Waals surface area contributed by atoms with Crippen molar-refractivity contribution in [2.75, 3.05) is 5.75 Å². The van der Waals surface area contributed by atoms with Gasteiger partial charge in [0.15, 0.2) is 21.4 Å². The summed E-state index contributed by atoms with van der Waals surface area (Å²) < 4.78 is 55.9. The second kappa shape index (κ2) is 10.5. The summed E-state index contributed by atoms with van der Waals surface area (Å²) in [5.41, 5.74) is 0.855. The Morgan fingerprint density at radius 3 is 2.46 bits per heavy atom. The van der Waals surface area contributed by atoms with Gasteiger partial charge in [-0.2, -0.15) is 0 Å². The minimum Gasteiger partial charge on any atom is -0.436 e. The van der Waals surface area contributed by atoms with E-state index in [-0.39, 0.29) is 16.8 Å². The van der Waals surface area contributed by atoms with E-state index in [1.165, 1.54) is 6.07 Å². The van der Waals surface area contributed by atoms with E-state index in [1.807, 2.05) is 6.07 Å². The molecular formula is C21H27F2NO3S. The molecule has 0 amide bonds. The van der Waals surface area contributed by atoms with E-state index >= 15 is 0 Å². The Hall–Kier alpha value is -2.02. The predicted octanol–water partition coefficient (Wildman–Crippen LogP) is 5.47. The summed E-state index contributed by atoms with van der Waals surface area (Å²) in [7, 11) is -2.95. The number of halogens is 2. The van der Waals surface area contributed by atoms with Crippen LogP contribution in [0.25, 0.3) is 0 Å². The molecule has 0 saturated heterocycles. The number of sulfone groups is 1. The number of unbranched alkanes of at least 4 members (excludes halogenated alkanes) is 4. The van der Waals surface area contributed by atoms with Crippen LogP contribution in [0.1, 0.15) is 51.5 Å². The van der Waals surface area contributed by atoms with E-state index in [2.05, 4.69) is 4.98 Å². The standard InChI is InChI=1S/C21H27F2NO3S/c1-16(2)28(25,26)14-7-5-3-4-6-9-17-10-8-13-24-21(17)27-20-12-11-18(22)15-19(20)23/h8,10-13,15-16H,3-7,9,14H2,1-2H3. The number of pyridine rings is 1. The molecule has 2 rings (SSSR count). The van der Waals surface area contributed by atoms with Crippen LogP contribution < -0.4 is 4.74 Å². The van der Waals surface area contributed by atoms with E-state index in [1.54, 1.807) is 26.1 Å². The summed E-state index contributed by atoms with van der Waals surface area (Å²) in [6.45, 7) is 3.42. The van der Waals surface area contributed by atoms with Crippen molar-refractivity contribution in [3.8, 4) is 11.6 Å². The smallest absolute Gasteiger partial charge is 0.222 e. The lowest BCUT2D eigenvalue weighted by atomic mass is 10.1. The predicted molar refractivity (Wildman–Crippen MR) is 106 cm³/mol. The van der Waals surface area contributed by atoms with Crippen LogP contribution in [0.5, 0.6) is 11.6 Å². The summed E-state index contributed by atoms with van der Waals surface area (Å²) in [6, 6.07) is 6.82. The van der Waals surface area contributed by atoms with Gasteiger partial charge in [0.1, 0.15) is 5.82 Å². The fourth-order valence-corrected chi connectivity index (χ4v) is 3.83. The van der Waals surface area contributed by atoms with Crippen LogP contribution >= 0.6 is 0 Å². The molecule has 0 radical (unpaired) electrons. The van der Waals surface area contributed by atoms with E-state index < -0.39 is 21.5 Å². The Morgan fingerprint density at radius 2 is 1.75 bits per heavy atom. The van der Waals surface area contributed by atoms with Crippen LogP contribution in [-0.4, -0.2) is 24.4 Å². The number of aryl methyl sites for hydroxylation is 1. The van der Waals surface area contributed by atoms with Crippen molar-refractivity contribution >= 4 is 9.84 Å². The fourth-order valence-electron chi connectivity index (χ4n) is 2.75. The molecule has 154 valence electrons. The van der Waals surface area contributed by atoms with E-state index in [0.29, 0.717) is 12.3 Å². The Bertz CT molecular complexity index is 870. The van der Waals surface area contributed by atoms with Crippen LogP contribution in [0.15, 0.2) is 36.5 Å². The molecular weight excluding hydrogens is 384 g/mol. The highest BCUT2D eigenvalue weighted by molar-refractivity contribution is 7.91. The lowest BCUT2D eigenvalue weighted by Crippen LogP contribution is -2.17. The van der Waals surface area contributed by atoms with Crippen molar-refractivity contribution in [2.45, 2.75) is 57.6 Å². The second-order valence-corrected chi connectivity index (χ2v) is 9.75.